The summed E-state index contributed by atoms with van der Waals surface area (Å²) in [4.78, 5) is 0. The third-order valence-electron chi connectivity index (χ3n) is 2.75. The predicted molar refractivity (Wildman–Crippen MR) is 73.3 cm³/mol. The monoisotopic (exact) mass is 238 g/mol. The van der Waals surface area contributed by atoms with Crippen LogP contribution >= 0.6 is 11.6 Å². The second-order valence-corrected chi connectivity index (χ2v) is 5.88. The molecule has 0 saturated heterocycles. The van der Waals surface area contributed by atoms with Crippen molar-refractivity contribution in [2.24, 2.45) is 5.92 Å². The van der Waals surface area contributed by atoms with Crippen molar-refractivity contribution in [3.8, 4) is 0 Å². The molecule has 0 aromatic heterocycles. The number of benzene rings is 1. The summed E-state index contributed by atoms with van der Waals surface area (Å²) in [5, 5.41) is 0.320. The van der Waals surface area contributed by atoms with Gasteiger partial charge in [0, 0.05) is 5.38 Å². The molecule has 0 aliphatic rings. The van der Waals surface area contributed by atoms with Gasteiger partial charge < -0.3 is 0 Å². The van der Waals surface area contributed by atoms with Crippen molar-refractivity contribution in [2.75, 3.05) is 0 Å². The van der Waals surface area contributed by atoms with E-state index in [1.165, 1.54) is 16.7 Å². The second kappa shape index (κ2) is 6.30. The number of aryl methyl sites for hydroxylation is 3. The molecule has 1 rings (SSSR count). The van der Waals surface area contributed by atoms with Crippen molar-refractivity contribution in [1.82, 2.24) is 0 Å². The van der Waals surface area contributed by atoms with Crippen molar-refractivity contribution in [1.29, 1.82) is 0 Å². The van der Waals surface area contributed by atoms with E-state index < -0.39 is 0 Å². The molecule has 0 saturated carbocycles. The van der Waals surface area contributed by atoms with Crippen molar-refractivity contribution in [2.45, 2.75) is 52.3 Å². The van der Waals surface area contributed by atoms with Crippen molar-refractivity contribution < 1.29 is 0 Å². The highest BCUT2D eigenvalue weighted by Gasteiger charge is 2.07. The molecule has 1 heteroatoms. The zero-order valence-electron chi connectivity index (χ0n) is 10.9. The molecule has 16 heavy (non-hydrogen) atoms. The highest BCUT2D eigenvalue weighted by atomic mass is 35.5. The summed E-state index contributed by atoms with van der Waals surface area (Å²) in [7, 11) is 0. The van der Waals surface area contributed by atoms with Gasteiger partial charge in [0.05, 0.1) is 0 Å². The summed E-state index contributed by atoms with van der Waals surface area (Å²) >= 11 is 6.31. The average molecular weight is 239 g/mol. The van der Waals surface area contributed by atoms with E-state index in [-0.39, 0.29) is 0 Å². The molecule has 1 aromatic rings. The third-order valence-corrected chi connectivity index (χ3v) is 3.15. The smallest absolute Gasteiger partial charge is 0.0341 e. The first-order chi connectivity index (χ1) is 7.47. The summed E-state index contributed by atoms with van der Waals surface area (Å²) in [5.74, 6) is 0.696. The van der Waals surface area contributed by atoms with Crippen LogP contribution in [-0.2, 0) is 6.42 Å². The quantitative estimate of drug-likeness (QED) is 0.641. The Hall–Kier alpha value is -0.490. The molecule has 0 spiro atoms. The molecule has 0 N–H and O–H groups in total. The van der Waals surface area contributed by atoms with Gasteiger partial charge in [0.25, 0.3) is 0 Å². The third kappa shape index (κ3) is 5.03. The molecule has 1 unspecified atom stereocenters. The first-order valence-electron chi connectivity index (χ1n) is 6.18. The van der Waals surface area contributed by atoms with Crippen molar-refractivity contribution in [3.05, 3.63) is 34.9 Å². The molecular formula is C15H23Cl. The number of rotatable bonds is 5. The lowest BCUT2D eigenvalue weighted by molar-refractivity contribution is 0.544. The lowest BCUT2D eigenvalue weighted by Crippen LogP contribution is -2.05. The Morgan fingerprint density at radius 1 is 1.06 bits per heavy atom. The van der Waals surface area contributed by atoms with Crippen LogP contribution in [0.4, 0.5) is 0 Å². The van der Waals surface area contributed by atoms with Crippen LogP contribution in [0.3, 0.4) is 0 Å². The normalized spacial score (nSPS) is 13.1. The van der Waals surface area contributed by atoms with E-state index in [1.807, 2.05) is 0 Å². The van der Waals surface area contributed by atoms with Gasteiger partial charge in [0.15, 0.2) is 0 Å². The molecule has 90 valence electrons. The minimum atomic E-state index is 0.320. The highest BCUT2D eigenvalue weighted by Crippen LogP contribution is 2.18. The Kier molecular flexibility index (Phi) is 5.34. The summed E-state index contributed by atoms with van der Waals surface area (Å²) in [6, 6.07) is 6.76. The lowest BCUT2D eigenvalue weighted by Gasteiger charge is -2.12. The van der Waals surface area contributed by atoms with Gasteiger partial charge in [-0.1, -0.05) is 43.2 Å². The van der Waals surface area contributed by atoms with Crippen molar-refractivity contribution >= 4 is 11.6 Å². The Morgan fingerprint density at radius 3 is 2.12 bits per heavy atom. The van der Waals surface area contributed by atoms with Gasteiger partial charge in [-0.05, 0) is 44.6 Å². The SMILES string of the molecule is Cc1cc(C)cc(CCC(Cl)CC(C)C)c1. The number of hydrogen-bond donors (Lipinski definition) is 0. The van der Waals surface area contributed by atoms with Gasteiger partial charge in [0.2, 0.25) is 0 Å². The van der Waals surface area contributed by atoms with Gasteiger partial charge in [-0.25, -0.2) is 0 Å². The zero-order chi connectivity index (χ0) is 12.1. The van der Waals surface area contributed by atoms with Crippen LogP contribution in [0.2, 0.25) is 0 Å². The van der Waals surface area contributed by atoms with Crippen LogP contribution in [0.25, 0.3) is 0 Å². The standard InChI is InChI=1S/C15H23Cl/c1-11(2)7-15(16)6-5-14-9-12(3)8-13(4)10-14/h8-11,15H,5-7H2,1-4H3. The maximum atomic E-state index is 6.31. The molecule has 0 amide bonds. The van der Waals surface area contributed by atoms with Gasteiger partial charge >= 0.3 is 0 Å². The molecule has 0 nitrogen and oxygen atoms in total. The van der Waals surface area contributed by atoms with Crippen LogP contribution in [0.1, 0.15) is 43.4 Å². The predicted octanol–water partition coefficient (Wildman–Crippen LogP) is 4.89. The maximum absolute atomic E-state index is 6.31. The van der Waals surface area contributed by atoms with Crippen LogP contribution in [-0.4, -0.2) is 5.38 Å². The first-order valence-corrected chi connectivity index (χ1v) is 6.62. The molecule has 1 atom stereocenters. The number of hydrogen-bond acceptors (Lipinski definition) is 0. The average Bonchev–Trinajstić information content (AvgIpc) is 2.12. The van der Waals surface area contributed by atoms with Gasteiger partial charge in [-0.3, -0.25) is 0 Å². The van der Waals surface area contributed by atoms with E-state index in [4.69, 9.17) is 11.6 Å². The zero-order valence-corrected chi connectivity index (χ0v) is 11.6. The maximum Gasteiger partial charge on any atom is 0.0341 e. The summed E-state index contributed by atoms with van der Waals surface area (Å²) < 4.78 is 0. The van der Waals surface area contributed by atoms with Gasteiger partial charge in [-0.15, -0.1) is 11.6 Å². The van der Waals surface area contributed by atoms with E-state index in [9.17, 15) is 0 Å². The van der Waals surface area contributed by atoms with E-state index >= 15 is 0 Å². The molecule has 0 radical (unpaired) electrons. The highest BCUT2D eigenvalue weighted by molar-refractivity contribution is 6.20. The molecular weight excluding hydrogens is 216 g/mol. The van der Waals surface area contributed by atoms with Crippen molar-refractivity contribution in [3.63, 3.8) is 0 Å². The van der Waals surface area contributed by atoms with Gasteiger partial charge in [-0.2, -0.15) is 0 Å². The number of alkyl halides is 1. The van der Waals surface area contributed by atoms with E-state index in [0.717, 1.165) is 19.3 Å². The Morgan fingerprint density at radius 2 is 1.62 bits per heavy atom. The largest absolute Gasteiger partial charge is 0.123 e. The fourth-order valence-corrected chi connectivity index (χ4v) is 2.63. The molecule has 0 aliphatic carbocycles. The van der Waals surface area contributed by atoms with E-state index in [0.29, 0.717) is 11.3 Å². The van der Waals surface area contributed by atoms with Crippen LogP contribution < -0.4 is 0 Å². The minimum Gasteiger partial charge on any atom is -0.123 e. The fourth-order valence-electron chi connectivity index (χ4n) is 2.17. The molecule has 0 heterocycles. The first kappa shape index (κ1) is 13.6. The molecule has 1 aromatic carbocycles. The van der Waals surface area contributed by atoms with Gasteiger partial charge in [0.1, 0.15) is 0 Å². The Labute approximate surface area is 105 Å². The Balaban J connectivity index is 2.48. The van der Waals surface area contributed by atoms with E-state index in [2.05, 4.69) is 45.9 Å². The van der Waals surface area contributed by atoms with Crippen LogP contribution in [0.15, 0.2) is 18.2 Å². The second-order valence-electron chi connectivity index (χ2n) is 5.26. The lowest BCUT2D eigenvalue weighted by atomic mass is 9.99. The van der Waals surface area contributed by atoms with E-state index in [1.54, 1.807) is 0 Å². The fraction of sp³-hybridized carbons (Fsp3) is 0.600. The summed E-state index contributed by atoms with van der Waals surface area (Å²) in [5.41, 5.74) is 4.13. The summed E-state index contributed by atoms with van der Waals surface area (Å²) in [6.07, 6.45) is 3.30. The topological polar surface area (TPSA) is 0 Å². The van der Waals surface area contributed by atoms with Crippen LogP contribution in [0.5, 0.6) is 0 Å². The minimum absolute atomic E-state index is 0.320. The number of halogens is 1. The molecule has 0 bridgehead atoms. The molecule has 0 fully saturated rings. The molecule has 0 aliphatic heterocycles. The van der Waals surface area contributed by atoms with Crippen LogP contribution in [0, 0.1) is 19.8 Å². The summed E-state index contributed by atoms with van der Waals surface area (Å²) in [6.45, 7) is 8.77. The Bertz CT molecular complexity index is 308.